The lowest BCUT2D eigenvalue weighted by molar-refractivity contribution is -0.0627. The van der Waals surface area contributed by atoms with Crippen LogP contribution < -0.4 is 5.32 Å². The third kappa shape index (κ3) is 2.47. The van der Waals surface area contributed by atoms with Gasteiger partial charge in [0.05, 0.1) is 12.1 Å². The third-order valence-corrected chi connectivity index (χ3v) is 3.88. The average Bonchev–Trinajstić information content (AvgIpc) is 2.70. The first-order valence-electron chi connectivity index (χ1n) is 6.60. The molecule has 0 aliphatic carbocycles. The first-order valence-corrected chi connectivity index (χ1v) is 6.60. The van der Waals surface area contributed by atoms with E-state index in [1.54, 1.807) is 4.90 Å². The summed E-state index contributed by atoms with van der Waals surface area (Å²) in [5.74, 6) is 0.462. The molecular weight excluding hydrogens is 232 g/mol. The van der Waals surface area contributed by atoms with Crippen molar-refractivity contribution in [2.45, 2.75) is 38.3 Å². The van der Waals surface area contributed by atoms with E-state index in [0.717, 1.165) is 26.1 Å². The Hall–Kier alpha value is -0.810. The number of carbonyl (C=O) groups excluding carboxylic acids is 1. The second-order valence-corrected chi connectivity index (χ2v) is 6.31. The minimum Gasteiger partial charge on any atom is -0.444 e. The van der Waals surface area contributed by atoms with Gasteiger partial charge in [-0.1, -0.05) is 0 Å². The molecule has 0 aromatic rings. The lowest BCUT2D eigenvalue weighted by atomic mass is 9.82. The fraction of sp³-hybridized carbons (Fsp3) is 0.923. The lowest BCUT2D eigenvalue weighted by Crippen LogP contribution is -2.60. The molecule has 2 atom stereocenters. The van der Waals surface area contributed by atoms with Crippen molar-refractivity contribution in [1.82, 2.24) is 10.2 Å². The van der Waals surface area contributed by atoms with Gasteiger partial charge in [0.25, 0.3) is 0 Å². The number of amides is 1. The van der Waals surface area contributed by atoms with Gasteiger partial charge < -0.3 is 19.7 Å². The Morgan fingerprint density at radius 2 is 2.22 bits per heavy atom. The summed E-state index contributed by atoms with van der Waals surface area (Å²) in [7, 11) is 1.82. The highest BCUT2D eigenvalue weighted by molar-refractivity contribution is 5.69. The SMILES string of the molecule is CN(C(=O)OC(C)(C)C)[C@]12CNC[C@@H]1CCOC2. The second-order valence-electron chi connectivity index (χ2n) is 6.31. The van der Waals surface area contributed by atoms with Crippen molar-refractivity contribution in [3.8, 4) is 0 Å². The number of nitrogens with zero attached hydrogens (tertiary/aromatic N) is 1. The molecule has 0 unspecified atom stereocenters. The first-order chi connectivity index (χ1) is 8.35. The van der Waals surface area contributed by atoms with E-state index in [1.807, 2.05) is 27.8 Å². The molecule has 2 heterocycles. The maximum Gasteiger partial charge on any atom is 0.410 e. The van der Waals surface area contributed by atoms with E-state index >= 15 is 0 Å². The fourth-order valence-electron chi connectivity index (χ4n) is 2.81. The number of ether oxygens (including phenoxy) is 2. The van der Waals surface area contributed by atoms with Gasteiger partial charge in [-0.05, 0) is 27.2 Å². The molecule has 104 valence electrons. The summed E-state index contributed by atoms with van der Waals surface area (Å²) in [5, 5.41) is 3.37. The molecule has 5 nitrogen and oxygen atoms in total. The Kier molecular flexibility index (Phi) is 3.56. The third-order valence-electron chi connectivity index (χ3n) is 3.88. The summed E-state index contributed by atoms with van der Waals surface area (Å²) in [6, 6.07) is 0. The smallest absolute Gasteiger partial charge is 0.410 e. The van der Waals surface area contributed by atoms with Crippen LogP contribution in [0.3, 0.4) is 0 Å². The van der Waals surface area contributed by atoms with Crippen LogP contribution in [0.1, 0.15) is 27.2 Å². The van der Waals surface area contributed by atoms with E-state index in [1.165, 1.54) is 0 Å². The average molecular weight is 256 g/mol. The van der Waals surface area contributed by atoms with Crippen molar-refractivity contribution in [3.63, 3.8) is 0 Å². The van der Waals surface area contributed by atoms with Gasteiger partial charge in [-0.25, -0.2) is 4.79 Å². The van der Waals surface area contributed by atoms with Crippen molar-refractivity contribution in [1.29, 1.82) is 0 Å². The van der Waals surface area contributed by atoms with Gasteiger partial charge in [-0.3, -0.25) is 0 Å². The monoisotopic (exact) mass is 256 g/mol. The number of rotatable bonds is 1. The van der Waals surface area contributed by atoms with E-state index in [0.29, 0.717) is 12.5 Å². The molecule has 5 heteroatoms. The summed E-state index contributed by atoms with van der Waals surface area (Å²) < 4.78 is 11.1. The van der Waals surface area contributed by atoms with E-state index in [-0.39, 0.29) is 11.6 Å². The van der Waals surface area contributed by atoms with Crippen LogP contribution in [0.15, 0.2) is 0 Å². The molecule has 0 spiro atoms. The van der Waals surface area contributed by atoms with Crippen molar-refractivity contribution in [2.24, 2.45) is 5.92 Å². The molecule has 0 aromatic heterocycles. The number of hydrogen-bond acceptors (Lipinski definition) is 4. The molecule has 1 N–H and O–H groups in total. The summed E-state index contributed by atoms with van der Waals surface area (Å²) in [6.45, 7) is 8.79. The molecule has 18 heavy (non-hydrogen) atoms. The Bertz CT molecular complexity index is 327. The van der Waals surface area contributed by atoms with Crippen LogP contribution >= 0.6 is 0 Å². The highest BCUT2D eigenvalue weighted by Crippen LogP contribution is 2.34. The van der Waals surface area contributed by atoms with Gasteiger partial charge in [0.1, 0.15) is 5.60 Å². The summed E-state index contributed by atoms with van der Waals surface area (Å²) in [5.41, 5.74) is -0.695. The first kappa shape index (κ1) is 13.6. The predicted octanol–water partition coefficient (Wildman–Crippen LogP) is 1.23. The van der Waals surface area contributed by atoms with Crippen molar-refractivity contribution < 1.29 is 14.3 Å². The van der Waals surface area contributed by atoms with Gasteiger partial charge in [0, 0.05) is 32.7 Å². The summed E-state index contributed by atoms with van der Waals surface area (Å²) in [4.78, 5) is 14.0. The number of nitrogens with one attached hydrogen (secondary N) is 1. The Balaban J connectivity index is 2.11. The minimum absolute atomic E-state index is 0.236. The largest absolute Gasteiger partial charge is 0.444 e. The minimum atomic E-state index is -0.459. The molecule has 0 radical (unpaired) electrons. The molecule has 0 aromatic carbocycles. The van der Waals surface area contributed by atoms with Gasteiger partial charge in [-0.15, -0.1) is 0 Å². The molecule has 2 aliphatic heterocycles. The van der Waals surface area contributed by atoms with Crippen molar-refractivity contribution in [2.75, 3.05) is 33.4 Å². The van der Waals surface area contributed by atoms with Crippen LogP contribution in [-0.4, -0.2) is 55.5 Å². The van der Waals surface area contributed by atoms with Crippen LogP contribution in [0.2, 0.25) is 0 Å². The van der Waals surface area contributed by atoms with Gasteiger partial charge >= 0.3 is 6.09 Å². The zero-order valence-corrected chi connectivity index (χ0v) is 11.8. The van der Waals surface area contributed by atoms with Gasteiger partial charge in [0.2, 0.25) is 0 Å². The van der Waals surface area contributed by atoms with Crippen LogP contribution in [-0.2, 0) is 9.47 Å². The number of likely N-dealkylation sites (N-methyl/N-ethyl adjacent to an activating group) is 1. The van der Waals surface area contributed by atoms with Crippen molar-refractivity contribution in [3.05, 3.63) is 0 Å². The molecule has 1 amide bonds. The molecule has 2 saturated heterocycles. The summed E-state index contributed by atoms with van der Waals surface area (Å²) in [6.07, 6.45) is 0.738. The van der Waals surface area contributed by atoms with E-state index < -0.39 is 5.60 Å². The number of carbonyl (C=O) groups is 1. The van der Waals surface area contributed by atoms with E-state index in [2.05, 4.69) is 5.32 Å². The van der Waals surface area contributed by atoms with Crippen LogP contribution in [0.4, 0.5) is 4.79 Å². The Labute approximate surface area is 109 Å². The molecule has 2 rings (SSSR count). The molecule has 2 fully saturated rings. The fourth-order valence-corrected chi connectivity index (χ4v) is 2.81. The summed E-state index contributed by atoms with van der Waals surface area (Å²) >= 11 is 0. The predicted molar refractivity (Wildman–Crippen MR) is 68.5 cm³/mol. The Morgan fingerprint density at radius 1 is 1.50 bits per heavy atom. The Morgan fingerprint density at radius 3 is 2.89 bits per heavy atom. The van der Waals surface area contributed by atoms with E-state index in [9.17, 15) is 4.79 Å². The van der Waals surface area contributed by atoms with Gasteiger partial charge in [0.15, 0.2) is 0 Å². The quantitative estimate of drug-likeness (QED) is 0.766. The highest BCUT2D eigenvalue weighted by atomic mass is 16.6. The normalized spacial score (nSPS) is 31.9. The zero-order valence-electron chi connectivity index (χ0n) is 11.8. The standard InChI is InChI=1S/C13H24N2O3/c1-12(2,3)18-11(16)15(4)13-8-14-7-10(13)5-6-17-9-13/h10,14H,5-9H2,1-4H3/t10-,13-/m0/s1. The number of fused-ring (bicyclic) bond motifs is 1. The van der Waals surface area contributed by atoms with Crippen LogP contribution in [0.25, 0.3) is 0 Å². The van der Waals surface area contributed by atoms with E-state index in [4.69, 9.17) is 9.47 Å². The lowest BCUT2D eigenvalue weighted by Gasteiger charge is -2.45. The maximum atomic E-state index is 12.2. The topological polar surface area (TPSA) is 50.8 Å². The second kappa shape index (κ2) is 4.70. The maximum absolute atomic E-state index is 12.2. The zero-order chi connectivity index (χ0) is 13.4. The number of hydrogen-bond donors (Lipinski definition) is 1. The van der Waals surface area contributed by atoms with Crippen molar-refractivity contribution >= 4 is 6.09 Å². The van der Waals surface area contributed by atoms with Crippen LogP contribution in [0, 0.1) is 5.92 Å². The van der Waals surface area contributed by atoms with Crippen LogP contribution in [0.5, 0.6) is 0 Å². The molecule has 2 aliphatic rings. The molecular formula is C13H24N2O3. The highest BCUT2D eigenvalue weighted by Gasteiger charge is 2.50. The molecule has 0 saturated carbocycles. The van der Waals surface area contributed by atoms with Gasteiger partial charge in [-0.2, -0.15) is 0 Å². The molecule has 0 bridgehead atoms.